The highest BCUT2D eigenvalue weighted by molar-refractivity contribution is 5.66. The Labute approximate surface area is 213 Å². The Kier molecular flexibility index (Phi) is 8.23. The fourth-order valence-electron chi connectivity index (χ4n) is 4.55. The van der Waals surface area contributed by atoms with Crippen LogP contribution in [-0.4, -0.2) is 54.3 Å². The van der Waals surface area contributed by atoms with Crippen molar-refractivity contribution in [2.75, 3.05) is 44.8 Å². The number of aryl methyl sites for hydroxylation is 1. The Hall–Kier alpha value is -3.26. The summed E-state index contributed by atoms with van der Waals surface area (Å²) in [5.74, 6) is 1.40. The molecular formula is C29H34N4O3. The number of hydrogen-bond acceptors (Lipinski definition) is 7. The van der Waals surface area contributed by atoms with Crippen molar-refractivity contribution in [2.45, 2.75) is 33.0 Å². The molecule has 0 atom stereocenters. The minimum absolute atomic E-state index is 0.449. The normalized spacial score (nSPS) is 17.6. The van der Waals surface area contributed by atoms with Crippen LogP contribution in [0.5, 0.6) is 5.75 Å². The zero-order chi connectivity index (χ0) is 24.6. The molecule has 188 valence electrons. The second-order valence-electron chi connectivity index (χ2n) is 9.26. The molecule has 7 heteroatoms. The highest BCUT2D eigenvalue weighted by Gasteiger charge is 2.13. The lowest BCUT2D eigenvalue weighted by atomic mass is 10.0. The zero-order valence-electron chi connectivity index (χ0n) is 20.9. The number of hydrogen-bond donors (Lipinski definition) is 1. The van der Waals surface area contributed by atoms with Crippen molar-refractivity contribution >= 4 is 11.6 Å². The molecule has 7 nitrogen and oxygen atoms in total. The molecule has 0 saturated carbocycles. The number of nitrogens with one attached hydrogen (secondary N) is 1. The molecule has 2 aliphatic rings. The highest BCUT2D eigenvalue weighted by Crippen LogP contribution is 2.28. The molecule has 1 saturated heterocycles. The first kappa shape index (κ1) is 24.4. The summed E-state index contributed by atoms with van der Waals surface area (Å²) >= 11 is 0. The Bertz CT molecular complexity index is 1190. The summed E-state index contributed by atoms with van der Waals surface area (Å²) in [5.41, 5.74) is 6.11. The number of likely N-dealkylation sites (tertiary alicyclic amines) is 1. The monoisotopic (exact) mass is 486 g/mol. The Morgan fingerprint density at radius 1 is 0.972 bits per heavy atom. The molecule has 3 aromatic rings. The van der Waals surface area contributed by atoms with Gasteiger partial charge in [0, 0.05) is 29.6 Å². The van der Waals surface area contributed by atoms with Crippen molar-refractivity contribution in [1.29, 1.82) is 0 Å². The van der Waals surface area contributed by atoms with Gasteiger partial charge in [-0.3, -0.25) is 4.90 Å². The van der Waals surface area contributed by atoms with Gasteiger partial charge in [0.25, 0.3) is 0 Å². The summed E-state index contributed by atoms with van der Waals surface area (Å²) in [5, 5.41) is 3.36. The molecule has 2 aliphatic heterocycles. The third-order valence-corrected chi connectivity index (χ3v) is 6.54. The number of benzene rings is 2. The van der Waals surface area contributed by atoms with Gasteiger partial charge in [0.15, 0.2) is 0 Å². The molecule has 1 N–H and O–H groups in total. The predicted octanol–water partition coefficient (Wildman–Crippen LogP) is 5.27. The van der Waals surface area contributed by atoms with Crippen molar-refractivity contribution in [1.82, 2.24) is 14.9 Å². The van der Waals surface area contributed by atoms with Crippen LogP contribution in [0.25, 0.3) is 11.3 Å². The fourth-order valence-corrected chi connectivity index (χ4v) is 4.55. The maximum Gasteiger partial charge on any atom is 0.227 e. The van der Waals surface area contributed by atoms with Gasteiger partial charge in [-0.05, 0) is 74.3 Å². The second-order valence-corrected chi connectivity index (χ2v) is 9.26. The van der Waals surface area contributed by atoms with Crippen molar-refractivity contribution in [3.63, 3.8) is 0 Å². The topological polar surface area (TPSA) is 68.7 Å². The van der Waals surface area contributed by atoms with Crippen LogP contribution >= 0.6 is 0 Å². The molecule has 0 unspecified atom stereocenters. The van der Waals surface area contributed by atoms with E-state index in [1.165, 1.54) is 25.9 Å². The van der Waals surface area contributed by atoms with Crippen molar-refractivity contribution in [3.05, 3.63) is 77.5 Å². The van der Waals surface area contributed by atoms with E-state index in [0.29, 0.717) is 39.0 Å². The third-order valence-electron chi connectivity index (χ3n) is 6.54. The maximum atomic E-state index is 6.18. The van der Waals surface area contributed by atoms with Crippen LogP contribution in [0, 0.1) is 6.92 Å². The van der Waals surface area contributed by atoms with Crippen LogP contribution < -0.4 is 10.1 Å². The van der Waals surface area contributed by atoms with Gasteiger partial charge in [-0.2, -0.15) is 0 Å². The molecule has 2 aromatic carbocycles. The van der Waals surface area contributed by atoms with Gasteiger partial charge in [0.05, 0.1) is 32.1 Å². The fraction of sp³-hybridized carbons (Fsp3) is 0.379. The Morgan fingerprint density at radius 3 is 2.67 bits per heavy atom. The van der Waals surface area contributed by atoms with Crippen LogP contribution in [0.3, 0.4) is 0 Å². The number of anilines is 2. The standard InChI is InChI=1S/C29H34N4O3/c1-22-6-7-23-18-26(22)27-10-11-30-29(32-27)31-25-8-9-28(36-17-14-33-12-2-3-13-33)24(19-25)21-35-16-5-4-15-34-20-23/h4-11,18-19H,2-3,12-17,20-21H2,1H3,(H,30,31,32)/b5-4+. The maximum absolute atomic E-state index is 6.18. The van der Waals surface area contributed by atoms with Gasteiger partial charge >= 0.3 is 0 Å². The first-order valence-corrected chi connectivity index (χ1v) is 12.7. The van der Waals surface area contributed by atoms with E-state index in [-0.39, 0.29) is 0 Å². The van der Waals surface area contributed by atoms with Gasteiger partial charge in [-0.15, -0.1) is 0 Å². The van der Waals surface area contributed by atoms with Gasteiger partial charge < -0.3 is 19.5 Å². The summed E-state index contributed by atoms with van der Waals surface area (Å²) in [6.45, 7) is 8.08. The van der Waals surface area contributed by atoms with E-state index in [2.05, 4.69) is 46.4 Å². The summed E-state index contributed by atoms with van der Waals surface area (Å²) in [6, 6.07) is 14.4. The molecule has 6 bridgehead atoms. The molecule has 0 aliphatic carbocycles. The summed E-state index contributed by atoms with van der Waals surface area (Å²) < 4.78 is 18.0. The summed E-state index contributed by atoms with van der Waals surface area (Å²) in [4.78, 5) is 11.7. The third kappa shape index (κ3) is 6.49. The van der Waals surface area contributed by atoms with Crippen LogP contribution in [0.2, 0.25) is 0 Å². The van der Waals surface area contributed by atoms with Crippen LogP contribution in [0.4, 0.5) is 11.6 Å². The van der Waals surface area contributed by atoms with Crippen LogP contribution in [0.1, 0.15) is 29.5 Å². The predicted molar refractivity (Wildman–Crippen MR) is 142 cm³/mol. The Morgan fingerprint density at radius 2 is 1.81 bits per heavy atom. The summed E-state index contributed by atoms with van der Waals surface area (Å²) in [7, 11) is 0. The van der Waals surface area contributed by atoms with Gasteiger partial charge in [0.1, 0.15) is 12.4 Å². The van der Waals surface area contributed by atoms with Crippen molar-refractivity contribution in [3.8, 4) is 17.0 Å². The van der Waals surface area contributed by atoms with Crippen LogP contribution in [-0.2, 0) is 22.7 Å². The van der Waals surface area contributed by atoms with Gasteiger partial charge in [-0.1, -0.05) is 24.3 Å². The number of fused-ring (bicyclic) bond motifs is 7. The number of ether oxygens (including phenoxy) is 3. The van der Waals surface area contributed by atoms with Crippen molar-refractivity contribution < 1.29 is 14.2 Å². The molecular weight excluding hydrogens is 452 g/mol. The zero-order valence-corrected chi connectivity index (χ0v) is 20.9. The average Bonchev–Trinajstić information content (AvgIpc) is 3.41. The first-order valence-electron chi connectivity index (χ1n) is 12.7. The van der Waals surface area contributed by atoms with E-state index in [0.717, 1.165) is 45.9 Å². The van der Waals surface area contributed by atoms with Crippen molar-refractivity contribution in [2.24, 2.45) is 0 Å². The molecule has 1 fully saturated rings. The Balaban J connectivity index is 1.39. The smallest absolute Gasteiger partial charge is 0.227 e. The lowest BCUT2D eigenvalue weighted by Crippen LogP contribution is -2.25. The lowest BCUT2D eigenvalue weighted by Gasteiger charge is -2.17. The molecule has 5 rings (SSSR count). The number of aromatic nitrogens is 2. The van der Waals surface area contributed by atoms with E-state index in [1.54, 1.807) is 6.20 Å². The van der Waals surface area contributed by atoms with E-state index in [9.17, 15) is 0 Å². The molecule has 0 amide bonds. The quantitative estimate of drug-likeness (QED) is 0.504. The van der Waals surface area contributed by atoms with E-state index < -0.39 is 0 Å². The molecule has 36 heavy (non-hydrogen) atoms. The average molecular weight is 487 g/mol. The van der Waals surface area contributed by atoms with E-state index in [1.807, 2.05) is 30.4 Å². The molecule has 3 heterocycles. The highest BCUT2D eigenvalue weighted by atomic mass is 16.5. The lowest BCUT2D eigenvalue weighted by molar-refractivity contribution is 0.138. The van der Waals surface area contributed by atoms with E-state index >= 15 is 0 Å². The minimum atomic E-state index is 0.449. The number of rotatable bonds is 4. The minimum Gasteiger partial charge on any atom is -0.492 e. The van der Waals surface area contributed by atoms with Gasteiger partial charge in [0.2, 0.25) is 5.95 Å². The van der Waals surface area contributed by atoms with E-state index in [4.69, 9.17) is 19.2 Å². The molecule has 0 radical (unpaired) electrons. The summed E-state index contributed by atoms with van der Waals surface area (Å²) in [6.07, 6.45) is 8.35. The molecule has 0 spiro atoms. The molecule has 1 aromatic heterocycles. The second kappa shape index (κ2) is 12.1. The van der Waals surface area contributed by atoms with Gasteiger partial charge in [-0.25, -0.2) is 9.97 Å². The first-order chi connectivity index (χ1) is 17.7. The largest absolute Gasteiger partial charge is 0.492 e. The number of nitrogens with zero attached hydrogens (tertiary/aromatic N) is 3. The van der Waals surface area contributed by atoms with Crippen LogP contribution in [0.15, 0.2) is 60.8 Å². The SMILES string of the molecule is Cc1ccc2cc1-c1ccnc(n1)Nc1ccc(OCCN3CCCC3)c(c1)COC/C=C/COC2.